The van der Waals surface area contributed by atoms with Crippen LogP contribution < -0.4 is 16.4 Å². The Morgan fingerprint density at radius 2 is 1.88 bits per heavy atom. The number of benzene rings is 2. The molecule has 2 aromatic rings. The lowest BCUT2D eigenvalue weighted by atomic mass is 9.84. The predicted octanol–water partition coefficient (Wildman–Crippen LogP) is -0.0394. The number of carbonyl (C=O) groups excluding carboxylic acids is 1. The van der Waals surface area contributed by atoms with Crippen LogP contribution in [0.2, 0.25) is 0 Å². The summed E-state index contributed by atoms with van der Waals surface area (Å²) in [5, 5.41) is 36.0. The SMILES string of the molecule is CC1(C(O)c2ccc(-c3ccccc3)cc2CC(N)=O)NC(O)NC1O. The first-order valence-corrected chi connectivity index (χ1v) is 8.36. The molecule has 0 aromatic heterocycles. The van der Waals surface area contributed by atoms with Crippen molar-refractivity contribution in [3.63, 3.8) is 0 Å². The average Bonchev–Trinajstić information content (AvgIpc) is 2.87. The molecule has 7 heteroatoms. The number of aliphatic hydroxyl groups is 3. The summed E-state index contributed by atoms with van der Waals surface area (Å²) < 4.78 is 0. The first-order chi connectivity index (χ1) is 12.3. The van der Waals surface area contributed by atoms with Gasteiger partial charge >= 0.3 is 0 Å². The van der Waals surface area contributed by atoms with Crippen molar-refractivity contribution < 1.29 is 20.1 Å². The van der Waals surface area contributed by atoms with Gasteiger partial charge in [-0.05, 0) is 29.2 Å². The predicted molar refractivity (Wildman–Crippen MR) is 96.4 cm³/mol. The number of primary amides is 1. The first-order valence-electron chi connectivity index (χ1n) is 8.36. The van der Waals surface area contributed by atoms with Crippen LogP contribution in [0.5, 0.6) is 0 Å². The van der Waals surface area contributed by atoms with Crippen molar-refractivity contribution in [2.75, 3.05) is 0 Å². The van der Waals surface area contributed by atoms with Crippen molar-refractivity contribution in [1.29, 1.82) is 0 Å². The third kappa shape index (κ3) is 3.48. The molecular formula is C19H23N3O4. The first kappa shape index (κ1) is 18.5. The molecule has 4 unspecified atom stereocenters. The summed E-state index contributed by atoms with van der Waals surface area (Å²) in [6.07, 6.45) is -3.55. The van der Waals surface area contributed by atoms with E-state index in [4.69, 9.17) is 5.73 Å². The Morgan fingerprint density at radius 3 is 2.46 bits per heavy atom. The number of rotatable bonds is 5. The highest BCUT2D eigenvalue weighted by atomic mass is 16.3. The topological polar surface area (TPSA) is 128 Å². The van der Waals surface area contributed by atoms with E-state index < -0.39 is 30.1 Å². The van der Waals surface area contributed by atoms with Crippen molar-refractivity contribution >= 4 is 5.91 Å². The van der Waals surface area contributed by atoms with Crippen LogP contribution >= 0.6 is 0 Å². The highest BCUT2D eigenvalue weighted by molar-refractivity contribution is 5.78. The van der Waals surface area contributed by atoms with Gasteiger partial charge < -0.3 is 21.1 Å². The van der Waals surface area contributed by atoms with E-state index in [-0.39, 0.29) is 6.42 Å². The monoisotopic (exact) mass is 357 g/mol. The molecule has 0 spiro atoms. The van der Waals surface area contributed by atoms with E-state index in [1.165, 1.54) is 0 Å². The molecule has 0 aliphatic carbocycles. The summed E-state index contributed by atoms with van der Waals surface area (Å²) in [6.45, 7) is 1.59. The van der Waals surface area contributed by atoms with Gasteiger partial charge in [-0.15, -0.1) is 0 Å². The van der Waals surface area contributed by atoms with Crippen LogP contribution in [0, 0.1) is 0 Å². The number of nitrogens with two attached hydrogens (primary N) is 1. The number of carbonyl (C=O) groups is 1. The molecule has 0 radical (unpaired) electrons. The molecule has 1 saturated heterocycles. The lowest BCUT2D eigenvalue weighted by molar-refractivity contribution is -0.117. The van der Waals surface area contributed by atoms with Crippen LogP contribution in [-0.2, 0) is 11.2 Å². The Labute approximate surface area is 151 Å². The van der Waals surface area contributed by atoms with Gasteiger partial charge in [-0.1, -0.05) is 48.5 Å². The van der Waals surface area contributed by atoms with Crippen LogP contribution in [0.4, 0.5) is 0 Å². The van der Waals surface area contributed by atoms with Gasteiger partial charge in [0.2, 0.25) is 5.91 Å². The Morgan fingerprint density at radius 1 is 1.19 bits per heavy atom. The molecule has 0 saturated carbocycles. The van der Waals surface area contributed by atoms with Crippen LogP contribution in [0.3, 0.4) is 0 Å². The summed E-state index contributed by atoms with van der Waals surface area (Å²) in [5.41, 5.74) is 7.05. The highest BCUT2D eigenvalue weighted by Gasteiger charge is 2.48. The molecule has 1 fully saturated rings. The highest BCUT2D eigenvalue weighted by Crippen LogP contribution is 2.35. The minimum absolute atomic E-state index is 0.0464. The van der Waals surface area contributed by atoms with Crippen molar-refractivity contribution in [3.05, 3.63) is 59.7 Å². The Balaban J connectivity index is 2.02. The Hall–Kier alpha value is -2.29. The molecule has 2 aromatic carbocycles. The van der Waals surface area contributed by atoms with Crippen LogP contribution in [0.15, 0.2) is 48.5 Å². The van der Waals surface area contributed by atoms with Crippen molar-refractivity contribution in [3.8, 4) is 11.1 Å². The Bertz CT molecular complexity index is 799. The maximum atomic E-state index is 11.5. The number of nitrogens with one attached hydrogen (secondary N) is 2. The van der Waals surface area contributed by atoms with Gasteiger partial charge in [0.25, 0.3) is 0 Å². The molecule has 7 N–H and O–H groups in total. The van der Waals surface area contributed by atoms with Gasteiger partial charge in [0, 0.05) is 0 Å². The molecule has 1 aliphatic rings. The van der Waals surface area contributed by atoms with E-state index in [2.05, 4.69) is 10.6 Å². The molecular weight excluding hydrogens is 334 g/mol. The van der Waals surface area contributed by atoms with E-state index >= 15 is 0 Å². The summed E-state index contributed by atoms with van der Waals surface area (Å²) in [6, 6.07) is 15.0. The third-order valence-electron chi connectivity index (χ3n) is 4.81. The molecule has 1 heterocycles. The number of aliphatic hydroxyl groups excluding tert-OH is 3. The third-order valence-corrected chi connectivity index (χ3v) is 4.81. The molecule has 1 aliphatic heterocycles. The minimum atomic E-state index is -1.24. The normalized spacial score (nSPS) is 26.6. The van der Waals surface area contributed by atoms with Gasteiger partial charge in [-0.25, -0.2) is 0 Å². The van der Waals surface area contributed by atoms with Crippen molar-refractivity contribution in [2.45, 2.75) is 37.6 Å². The summed E-state index contributed by atoms with van der Waals surface area (Å²) >= 11 is 0. The molecule has 3 rings (SSSR count). The second-order valence-electron chi connectivity index (χ2n) is 6.72. The second kappa shape index (κ2) is 7.14. The molecule has 1 amide bonds. The van der Waals surface area contributed by atoms with Gasteiger partial charge in [0.05, 0.1) is 12.0 Å². The Kier molecular flexibility index (Phi) is 5.08. The molecule has 4 atom stereocenters. The van der Waals surface area contributed by atoms with E-state index in [1.807, 2.05) is 42.5 Å². The average molecular weight is 357 g/mol. The zero-order chi connectivity index (χ0) is 18.9. The van der Waals surface area contributed by atoms with Gasteiger partial charge in [0.15, 0.2) is 6.35 Å². The van der Waals surface area contributed by atoms with Gasteiger partial charge in [0.1, 0.15) is 12.3 Å². The van der Waals surface area contributed by atoms with E-state index in [1.54, 1.807) is 13.0 Å². The maximum Gasteiger partial charge on any atom is 0.221 e. The molecule has 26 heavy (non-hydrogen) atoms. The summed E-state index contributed by atoms with van der Waals surface area (Å²) in [7, 11) is 0. The van der Waals surface area contributed by atoms with E-state index in [0.717, 1.165) is 11.1 Å². The van der Waals surface area contributed by atoms with Crippen LogP contribution in [0.25, 0.3) is 11.1 Å². The number of hydrogen-bond donors (Lipinski definition) is 6. The quantitative estimate of drug-likeness (QED) is 0.446. The summed E-state index contributed by atoms with van der Waals surface area (Å²) in [4.78, 5) is 11.5. The van der Waals surface area contributed by atoms with Gasteiger partial charge in [-0.2, -0.15) is 0 Å². The zero-order valence-corrected chi connectivity index (χ0v) is 14.4. The minimum Gasteiger partial charge on any atom is -0.386 e. The van der Waals surface area contributed by atoms with Crippen molar-refractivity contribution in [2.24, 2.45) is 5.73 Å². The lowest BCUT2D eigenvalue weighted by Gasteiger charge is -2.34. The summed E-state index contributed by atoms with van der Waals surface area (Å²) in [5.74, 6) is -0.521. The standard InChI is InChI=1S/C19H23N3O4/c1-19(17(25)21-18(26)22-19)16(24)14-8-7-12(9-13(14)10-15(20)23)11-5-3-2-4-6-11/h2-9,16-18,21-22,24-26H,10H2,1H3,(H2,20,23). The van der Waals surface area contributed by atoms with Crippen LogP contribution in [0.1, 0.15) is 24.2 Å². The van der Waals surface area contributed by atoms with E-state index in [9.17, 15) is 20.1 Å². The second-order valence-corrected chi connectivity index (χ2v) is 6.72. The fraction of sp³-hybridized carbons (Fsp3) is 0.316. The molecule has 0 bridgehead atoms. The van der Waals surface area contributed by atoms with Crippen LogP contribution in [-0.4, -0.2) is 39.3 Å². The lowest BCUT2D eigenvalue weighted by Crippen LogP contribution is -2.52. The fourth-order valence-corrected chi connectivity index (χ4v) is 3.31. The number of amides is 1. The number of hydrogen-bond acceptors (Lipinski definition) is 6. The maximum absolute atomic E-state index is 11.5. The largest absolute Gasteiger partial charge is 0.386 e. The molecule has 138 valence electrons. The zero-order valence-electron chi connectivity index (χ0n) is 14.4. The van der Waals surface area contributed by atoms with E-state index in [0.29, 0.717) is 11.1 Å². The fourth-order valence-electron chi connectivity index (χ4n) is 3.31. The van der Waals surface area contributed by atoms with Gasteiger partial charge in [-0.3, -0.25) is 15.4 Å². The van der Waals surface area contributed by atoms with Crippen molar-refractivity contribution in [1.82, 2.24) is 10.6 Å². The molecule has 7 nitrogen and oxygen atoms in total. The smallest absolute Gasteiger partial charge is 0.221 e.